The van der Waals surface area contributed by atoms with Crippen molar-refractivity contribution in [3.8, 4) is 0 Å². The Morgan fingerprint density at radius 3 is 1.92 bits per heavy atom. The van der Waals surface area contributed by atoms with Crippen LogP contribution in [0.1, 0.15) is 6.92 Å². The maximum absolute atomic E-state index is 11.0. The molecule has 0 aromatic rings. The van der Waals surface area contributed by atoms with Crippen molar-refractivity contribution in [3.63, 3.8) is 0 Å². The largest absolute Gasteiger partial charge is 0.394 e. The van der Waals surface area contributed by atoms with E-state index in [2.05, 4.69) is 0 Å². The summed E-state index contributed by atoms with van der Waals surface area (Å²) >= 11 is 0. The summed E-state index contributed by atoms with van der Waals surface area (Å²) in [4.78, 5) is 11.0. The van der Waals surface area contributed by atoms with Crippen LogP contribution in [0.15, 0.2) is 0 Å². The molecule has 78 valence electrons. The summed E-state index contributed by atoms with van der Waals surface area (Å²) in [6.07, 6.45) is -6.60. The molecule has 0 aliphatic carbocycles. The molecule has 0 amide bonds. The monoisotopic (exact) mass is 194 g/mol. The molecule has 0 fully saturated rings. The lowest BCUT2D eigenvalue weighted by Crippen LogP contribution is -2.45. The lowest BCUT2D eigenvalue weighted by atomic mass is 10.0. The molecular formula is C7H14O6. The standard InChI is InChI=1S/C7H14O6/c1-3(9)5(11)7(13)6(12)4(10)2-8/h3-6,8-12H,2H2,1H3/t3?,4-,5+,6-/m1/s1. The van der Waals surface area contributed by atoms with Crippen molar-refractivity contribution in [1.29, 1.82) is 0 Å². The number of hydrogen-bond donors (Lipinski definition) is 5. The molecule has 0 rings (SSSR count). The van der Waals surface area contributed by atoms with Crippen LogP contribution in [0.5, 0.6) is 0 Å². The quantitative estimate of drug-likeness (QED) is 0.318. The van der Waals surface area contributed by atoms with Crippen LogP contribution in [0, 0.1) is 0 Å². The molecule has 5 N–H and O–H groups in total. The summed E-state index contributed by atoms with van der Waals surface area (Å²) in [6, 6.07) is 0. The van der Waals surface area contributed by atoms with Gasteiger partial charge in [0.15, 0.2) is 5.78 Å². The Labute approximate surface area is 75.1 Å². The number of Topliss-reactive ketones (excluding diaryl/α,β-unsaturated/α-hetero) is 1. The van der Waals surface area contributed by atoms with Crippen molar-refractivity contribution in [2.75, 3.05) is 6.61 Å². The number of rotatable bonds is 5. The van der Waals surface area contributed by atoms with E-state index in [1.165, 1.54) is 6.92 Å². The van der Waals surface area contributed by atoms with E-state index in [0.29, 0.717) is 0 Å². The number of aliphatic hydroxyl groups is 5. The highest BCUT2D eigenvalue weighted by Gasteiger charge is 2.31. The third-order valence-electron chi connectivity index (χ3n) is 1.59. The Hall–Kier alpha value is -0.530. The first kappa shape index (κ1) is 12.5. The van der Waals surface area contributed by atoms with Gasteiger partial charge in [0, 0.05) is 0 Å². The number of hydrogen-bond acceptors (Lipinski definition) is 6. The van der Waals surface area contributed by atoms with Crippen LogP contribution in [0.2, 0.25) is 0 Å². The van der Waals surface area contributed by atoms with Crippen molar-refractivity contribution < 1.29 is 30.3 Å². The van der Waals surface area contributed by atoms with Crippen LogP contribution in [0.4, 0.5) is 0 Å². The summed E-state index contributed by atoms with van der Waals surface area (Å²) < 4.78 is 0. The van der Waals surface area contributed by atoms with Crippen molar-refractivity contribution in [2.45, 2.75) is 31.3 Å². The van der Waals surface area contributed by atoms with E-state index in [-0.39, 0.29) is 0 Å². The molecule has 0 heterocycles. The Morgan fingerprint density at radius 2 is 1.62 bits per heavy atom. The highest BCUT2D eigenvalue weighted by atomic mass is 16.4. The fourth-order valence-corrected chi connectivity index (χ4v) is 0.702. The molecule has 0 aliphatic rings. The molecule has 0 aromatic carbocycles. The Kier molecular flexibility index (Phi) is 5.04. The minimum Gasteiger partial charge on any atom is -0.394 e. The first-order valence-electron chi connectivity index (χ1n) is 3.78. The van der Waals surface area contributed by atoms with Gasteiger partial charge < -0.3 is 25.5 Å². The smallest absolute Gasteiger partial charge is 0.194 e. The first-order valence-corrected chi connectivity index (χ1v) is 3.78. The molecular weight excluding hydrogens is 180 g/mol. The first-order chi connectivity index (χ1) is 5.91. The minimum atomic E-state index is -1.88. The van der Waals surface area contributed by atoms with Crippen molar-refractivity contribution in [1.82, 2.24) is 0 Å². The summed E-state index contributed by atoms with van der Waals surface area (Å²) in [5.41, 5.74) is 0. The van der Waals surface area contributed by atoms with Gasteiger partial charge in [-0.15, -0.1) is 0 Å². The topological polar surface area (TPSA) is 118 Å². The van der Waals surface area contributed by atoms with E-state index >= 15 is 0 Å². The minimum absolute atomic E-state index is 0.792. The molecule has 4 atom stereocenters. The van der Waals surface area contributed by atoms with Gasteiger partial charge in [-0.05, 0) is 6.92 Å². The summed E-state index contributed by atoms with van der Waals surface area (Å²) in [5, 5.41) is 43.9. The second kappa shape index (κ2) is 5.25. The van der Waals surface area contributed by atoms with Gasteiger partial charge >= 0.3 is 0 Å². The van der Waals surface area contributed by atoms with Crippen molar-refractivity contribution in [2.24, 2.45) is 0 Å². The second-order valence-corrected chi connectivity index (χ2v) is 2.78. The van der Waals surface area contributed by atoms with Crippen LogP contribution in [0.25, 0.3) is 0 Å². The average molecular weight is 194 g/mol. The van der Waals surface area contributed by atoms with Gasteiger partial charge in [0.1, 0.15) is 18.3 Å². The van der Waals surface area contributed by atoms with E-state index in [9.17, 15) is 4.79 Å². The Bertz CT molecular complexity index is 168. The second-order valence-electron chi connectivity index (χ2n) is 2.78. The van der Waals surface area contributed by atoms with Crippen LogP contribution >= 0.6 is 0 Å². The maximum atomic E-state index is 11.0. The van der Waals surface area contributed by atoms with E-state index in [0.717, 1.165) is 0 Å². The number of carbonyl (C=O) groups is 1. The fourth-order valence-electron chi connectivity index (χ4n) is 0.702. The molecule has 1 unspecified atom stereocenters. The molecule has 0 aliphatic heterocycles. The lowest BCUT2D eigenvalue weighted by Gasteiger charge is -2.19. The Balaban J connectivity index is 4.25. The Morgan fingerprint density at radius 1 is 1.15 bits per heavy atom. The zero-order valence-electron chi connectivity index (χ0n) is 7.16. The van der Waals surface area contributed by atoms with Gasteiger partial charge in [-0.3, -0.25) is 4.79 Å². The van der Waals surface area contributed by atoms with E-state index in [1.807, 2.05) is 0 Å². The van der Waals surface area contributed by atoms with Gasteiger partial charge in [0.25, 0.3) is 0 Å². The molecule has 0 saturated heterocycles. The number of carbonyl (C=O) groups excluding carboxylic acids is 1. The maximum Gasteiger partial charge on any atom is 0.194 e. The number of aliphatic hydroxyl groups excluding tert-OH is 5. The van der Waals surface area contributed by atoms with Crippen LogP contribution in [-0.4, -0.2) is 62.3 Å². The van der Waals surface area contributed by atoms with Gasteiger partial charge in [-0.25, -0.2) is 0 Å². The normalized spacial score (nSPS) is 20.5. The molecule has 0 radical (unpaired) electrons. The zero-order chi connectivity index (χ0) is 10.6. The van der Waals surface area contributed by atoms with Crippen LogP contribution in [0.3, 0.4) is 0 Å². The SMILES string of the molecule is CC(O)[C@H](O)C(=O)[C@H](O)[C@H](O)CO. The predicted octanol–water partition coefficient (Wildman–Crippen LogP) is -2.99. The zero-order valence-corrected chi connectivity index (χ0v) is 7.16. The van der Waals surface area contributed by atoms with E-state index < -0.39 is 36.8 Å². The van der Waals surface area contributed by atoms with Gasteiger partial charge in [0.05, 0.1) is 12.7 Å². The van der Waals surface area contributed by atoms with Crippen molar-refractivity contribution in [3.05, 3.63) is 0 Å². The van der Waals surface area contributed by atoms with Crippen LogP contribution < -0.4 is 0 Å². The highest BCUT2D eigenvalue weighted by Crippen LogP contribution is 2.02. The van der Waals surface area contributed by atoms with Gasteiger partial charge in [-0.2, -0.15) is 0 Å². The van der Waals surface area contributed by atoms with Crippen LogP contribution in [-0.2, 0) is 4.79 Å². The van der Waals surface area contributed by atoms with Gasteiger partial charge in [0.2, 0.25) is 0 Å². The summed E-state index contributed by atoms with van der Waals surface area (Å²) in [5.74, 6) is -1.11. The molecule has 0 aromatic heterocycles. The fraction of sp³-hybridized carbons (Fsp3) is 0.857. The molecule has 0 saturated carbocycles. The lowest BCUT2D eigenvalue weighted by molar-refractivity contribution is -0.148. The average Bonchev–Trinajstić information content (AvgIpc) is 2.12. The highest BCUT2D eigenvalue weighted by molar-refractivity contribution is 5.87. The predicted molar refractivity (Wildman–Crippen MR) is 41.8 cm³/mol. The van der Waals surface area contributed by atoms with E-state index in [1.54, 1.807) is 0 Å². The molecule has 6 nitrogen and oxygen atoms in total. The van der Waals surface area contributed by atoms with E-state index in [4.69, 9.17) is 25.5 Å². The molecule has 0 bridgehead atoms. The molecule has 6 heteroatoms. The summed E-state index contributed by atoms with van der Waals surface area (Å²) in [6.45, 7) is 0.375. The van der Waals surface area contributed by atoms with Crippen molar-refractivity contribution >= 4 is 5.78 Å². The molecule has 13 heavy (non-hydrogen) atoms. The third kappa shape index (κ3) is 3.37. The summed E-state index contributed by atoms with van der Waals surface area (Å²) in [7, 11) is 0. The van der Waals surface area contributed by atoms with Gasteiger partial charge in [-0.1, -0.05) is 0 Å². The molecule has 0 spiro atoms. The third-order valence-corrected chi connectivity index (χ3v) is 1.59. The number of ketones is 1.